The SMILES string of the molecule is CNC(COC)Cc1ccoc1. The molecule has 1 aromatic heterocycles. The fourth-order valence-electron chi connectivity index (χ4n) is 1.14. The number of hydrogen-bond acceptors (Lipinski definition) is 3. The maximum atomic E-state index is 5.05. The first-order chi connectivity index (χ1) is 5.86. The van der Waals surface area contributed by atoms with Gasteiger partial charge in [0.1, 0.15) is 0 Å². The van der Waals surface area contributed by atoms with Crippen LogP contribution < -0.4 is 5.32 Å². The molecular formula is C9H15NO2. The number of hydrogen-bond donors (Lipinski definition) is 1. The lowest BCUT2D eigenvalue weighted by Crippen LogP contribution is -2.31. The van der Waals surface area contributed by atoms with Gasteiger partial charge in [0.2, 0.25) is 0 Å². The highest BCUT2D eigenvalue weighted by molar-refractivity contribution is 5.07. The summed E-state index contributed by atoms with van der Waals surface area (Å²) in [6.45, 7) is 0.724. The quantitative estimate of drug-likeness (QED) is 0.715. The van der Waals surface area contributed by atoms with Gasteiger partial charge >= 0.3 is 0 Å². The van der Waals surface area contributed by atoms with Crippen LogP contribution in [0.2, 0.25) is 0 Å². The monoisotopic (exact) mass is 169 g/mol. The molecule has 1 unspecified atom stereocenters. The van der Waals surface area contributed by atoms with Gasteiger partial charge in [0, 0.05) is 13.2 Å². The average Bonchev–Trinajstić information content (AvgIpc) is 2.56. The Morgan fingerprint density at radius 3 is 3.00 bits per heavy atom. The molecule has 0 bridgehead atoms. The zero-order chi connectivity index (χ0) is 8.81. The topological polar surface area (TPSA) is 34.4 Å². The smallest absolute Gasteiger partial charge is 0.0935 e. The van der Waals surface area contributed by atoms with Crippen LogP contribution in [0.4, 0.5) is 0 Å². The Balaban J connectivity index is 2.37. The zero-order valence-electron chi connectivity index (χ0n) is 7.54. The molecule has 1 heterocycles. The maximum absolute atomic E-state index is 5.05. The first-order valence-electron chi connectivity index (χ1n) is 4.04. The summed E-state index contributed by atoms with van der Waals surface area (Å²) >= 11 is 0. The number of likely N-dealkylation sites (N-methyl/N-ethyl adjacent to an activating group) is 1. The van der Waals surface area contributed by atoms with E-state index in [9.17, 15) is 0 Å². The molecule has 0 aromatic carbocycles. The van der Waals surface area contributed by atoms with Crippen molar-refractivity contribution in [2.75, 3.05) is 20.8 Å². The predicted octanol–water partition coefficient (Wildman–Crippen LogP) is 1.06. The molecule has 68 valence electrons. The van der Waals surface area contributed by atoms with Gasteiger partial charge in [-0.05, 0) is 25.1 Å². The molecule has 1 aromatic rings. The van der Waals surface area contributed by atoms with Gasteiger partial charge in [-0.1, -0.05) is 0 Å². The molecule has 1 atom stereocenters. The second-order valence-corrected chi connectivity index (χ2v) is 2.78. The molecule has 12 heavy (non-hydrogen) atoms. The van der Waals surface area contributed by atoms with Crippen molar-refractivity contribution in [3.8, 4) is 0 Å². The van der Waals surface area contributed by atoms with E-state index in [-0.39, 0.29) is 0 Å². The molecule has 3 heteroatoms. The summed E-state index contributed by atoms with van der Waals surface area (Å²) in [7, 11) is 3.64. The van der Waals surface area contributed by atoms with E-state index < -0.39 is 0 Å². The lowest BCUT2D eigenvalue weighted by atomic mass is 10.1. The Bertz CT molecular complexity index is 196. The Kier molecular flexibility index (Phi) is 3.84. The van der Waals surface area contributed by atoms with Gasteiger partial charge in [-0.25, -0.2) is 0 Å². The molecule has 0 amide bonds. The Morgan fingerprint density at radius 2 is 2.50 bits per heavy atom. The minimum absolute atomic E-state index is 0.368. The van der Waals surface area contributed by atoms with Gasteiger partial charge in [0.05, 0.1) is 19.1 Å². The highest BCUT2D eigenvalue weighted by Crippen LogP contribution is 2.03. The van der Waals surface area contributed by atoms with E-state index in [2.05, 4.69) is 5.32 Å². The normalized spacial score (nSPS) is 13.2. The fraction of sp³-hybridized carbons (Fsp3) is 0.556. The van der Waals surface area contributed by atoms with Gasteiger partial charge in [0.15, 0.2) is 0 Å². The third-order valence-corrected chi connectivity index (χ3v) is 1.84. The Labute approximate surface area is 72.7 Å². The highest BCUT2D eigenvalue weighted by atomic mass is 16.5. The predicted molar refractivity (Wildman–Crippen MR) is 47.1 cm³/mol. The molecule has 1 rings (SSSR count). The molecule has 0 aliphatic heterocycles. The number of nitrogens with one attached hydrogen (secondary N) is 1. The standard InChI is InChI=1S/C9H15NO2/c1-10-9(7-11-2)5-8-3-4-12-6-8/h3-4,6,9-10H,5,7H2,1-2H3. The summed E-state index contributed by atoms with van der Waals surface area (Å²) in [4.78, 5) is 0. The fourth-order valence-corrected chi connectivity index (χ4v) is 1.14. The molecule has 0 radical (unpaired) electrons. The van der Waals surface area contributed by atoms with Crippen LogP contribution in [0.1, 0.15) is 5.56 Å². The maximum Gasteiger partial charge on any atom is 0.0935 e. The van der Waals surface area contributed by atoms with Crippen LogP contribution in [0.25, 0.3) is 0 Å². The summed E-state index contributed by atoms with van der Waals surface area (Å²) in [5, 5.41) is 3.17. The van der Waals surface area contributed by atoms with Crippen molar-refractivity contribution in [2.24, 2.45) is 0 Å². The summed E-state index contributed by atoms with van der Waals surface area (Å²) < 4.78 is 10.0. The Morgan fingerprint density at radius 1 is 1.67 bits per heavy atom. The van der Waals surface area contributed by atoms with Crippen LogP contribution in [-0.2, 0) is 11.2 Å². The molecule has 0 aliphatic carbocycles. The zero-order valence-corrected chi connectivity index (χ0v) is 7.54. The van der Waals surface area contributed by atoms with E-state index in [1.807, 2.05) is 13.1 Å². The van der Waals surface area contributed by atoms with Crippen molar-refractivity contribution in [1.29, 1.82) is 0 Å². The van der Waals surface area contributed by atoms with Crippen molar-refractivity contribution in [3.63, 3.8) is 0 Å². The van der Waals surface area contributed by atoms with Gasteiger partial charge in [0.25, 0.3) is 0 Å². The van der Waals surface area contributed by atoms with Crippen LogP contribution in [0, 0.1) is 0 Å². The minimum atomic E-state index is 0.368. The van der Waals surface area contributed by atoms with E-state index in [4.69, 9.17) is 9.15 Å². The summed E-state index contributed by atoms with van der Waals surface area (Å²) in [5.74, 6) is 0. The van der Waals surface area contributed by atoms with Crippen LogP contribution in [-0.4, -0.2) is 26.8 Å². The van der Waals surface area contributed by atoms with Crippen molar-refractivity contribution in [1.82, 2.24) is 5.32 Å². The highest BCUT2D eigenvalue weighted by Gasteiger charge is 2.06. The van der Waals surface area contributed by atoms with Crippen molar-refractivity contribution >= 4 is 0 Å². The van der Waals surface area contributed by atoms with Crippen LogP contribution in [0.15, 0.2) is 23.0 Å². The molecule has 0 aliphatic rings. The first-order valence-corrected chi connectivity index (χ1v) is 4.04. The van der Waals surface area contributed by atoms with Crippen LogP contribution >= 0.6 is 0 Å². The molecule has 0 saturated carbocycles. The number of rotatable bonds is 5. The third-order valence-electron chi connectivity index (χ3n) is 1.84. The Hall–Kier alpha value is -0.800. The third kappa shape index (κ3) is 2.68. The average molecular weight is 169 g/mol. The van der Waals surface area contributed by atoms with E-state index in [0.717, 1.165) is 13.0 Å². The van der Waals surface area contributed by atoms with Gasteiger partial charge in [-0.15, -0.1) is 0 Å². The lowest BCUT2D eigenvalue weighted by Gasteiger charge is -2.13. The van der Waals surface area contributed by atoms with Crippen molar-refractivity contribution < 1.29 is 9.15 Å². The molecule has 3 nitrogen and oxygen atoms in total. The van der Waals surface area contributed by atoms with E-state index >= 15 is 0 Å². The van der Waals surface area contributed by atoms with Gasteiger partial charge in [-0.2, -0.15) is 0 Å². The number of furan rings is 1. The molecule has 0 saturated heterocycles. The van der Waals surface area contributed by atoms with E-state index in [0.29, 0.717) is 6.04 Å². The number of methoxy groups -OCH3 is 1. The van der Waals surface area contributed by atoms with E-state index in [1.165, 1.54) is 5.56 Å². The van der Waals surface area contributed by atoms with Crippen molar-refractivity contribution in [2.45, 2.75) is 12.5 Å². The minimum Gasteiger partial charge on any atom is -0.472 e. The lowest BCUT2D eigenvalue weighted by molar-refractivity contribution is 0.169. The number of ether oxygens (including phenoxy) is 1. The molecule has 0 fully saturated rings. The van der Waals surface area contributed by atoms with Gasteiger partial charge < -0.3 is 14.5 Å². The molecule has 1 N–H and O–H groups in total. The second-order valence-electron chi connectivity index (χ2n) is 2.78. The van der Waals surface area contributed by atoms with Crippen LogP contribution in [0.5, 0.6) is 0 Å². The summed E-state index contributed by atoms with van der Waals surface area (Å²) in [5.41, 5.74) is 1.20. The molecule has 0 spiro atoms. The van der Waals surface area contributed by atoms with Crippen LogP contribution in [0.3, 0.4) is 0 Å². The van der Waals surface area contributed by atoms with Crippen molar-refractivity contribution in [3.05, 3.63) is 24.2 Å². The van der Waals surface area contributed by atoms with Gasteiger partial charge in [-0.3, -0.25) is 0 Å². The summed E-state index contributed by atoms with van der Waals surface area (Å²) in [6.07, 6.45) is 4.40. The summed E-state index contributed by atoms with van der Waals surface area (Å²) in [6, 6.07) is 2.34. The largest absolute Gasteiger partial charge is 0.472 e. The first kappa shape index (κ1) is 9.29. The van der Waals surface area contributed by atoms with E-state index in [1.54, 1.807) is 19.6 Å². The molecular weight excluding hydrogens is 154 g/mol. The second kappa shape index (κ2) is 4.95.